The van der Waals surface area contributed by atoms with Gasteiger partial charge in [0, 0.05) is 12.6 Å². The average Bonchev–Trinajstić information content (AvgIpc) is 3.54. The molecule has 2 N–H and O–H groups in total. The molecule has 0 bridgehead atoms. The normalized spacial score (nSPS) is 12.9. The summed E-state index contributed by atoms with van der Waals surface area (Å²) in [6, 6.07) is 8.68. The highest BCUT2D eigenvalue weighted by molar-refractivity contribution is 5.95. The first-order valence-electron chi connectivity index (χ1n) is 11.5. The molecule has 0 saturated carbocycles. The predicted octanol–water partition coefficient (Wildman–Crippen LogP) is 2.08. The molecule has 0 aliphatic carbocycles. The maximum atomic E-state index is 13.0. The summed E-state index contributed by atoms with van der Waals surface area (Å²) in [5, 5.41) is 22.8. The highest BCUT2D eigenvalue weighted by Gasteiger charge is 2.19. The summed E-state index contributed by atoms with van der Waals surface area (Å²) in [6.07, 6.45) is 3.66. The minimum Gasteiger partial charge on any atom is -0.482 e. The van der Waals surface area contributed by atoms with Gasteiger partial charge in [0.25, 0.3) is 11.8 Å². The van der Waals surface area contributed by atoms with E-state index in [1.165, 1.54) is 0 Å². The fourth-order valence-electron chi connectivity index (χ4n) is 3.90. The summed E-state index contributed by atoms with van der Waals surface area (Å²) < 4.78 is 6.96. The zero-order valence-electron chi connectivity index (χ0n) is 19.4. The largest absolute Gasteiger partial charge is 0.482 e. The Kier molecular flexibility index (Phi) is 6.08. The van der Waals surface area contributed by atoms with Crippen molar-refractivity contribution in [1.82, 2.24) is 40.1 Å². The number of nitrogens with zero attached hydrogens (tertiary/aromatic N) is 7. The van der Waals surface area contributed by atoms with Crippen molar-refractivity contribution in [3.05, 3.63) is 47.8 Å². The second-order valence-corrected chi connectivity index (χ2v) is 8.33. The Labute approximate surface area is 200 Å². The van der Waals surface area contributed by atoms with E-state index in [9.17, 15) is 9.59 Å². The molecule has 2 amide bonds. The van der Waals surface area contributed by atoms with E-state index in [0.717, 1.165) is 18.4 Å². The molecule has 180 valence electrons. The molecule has 1 aliphatic rings. The van der Waals surface area contributed by atoms with Gasteiger partial charge in [0.1, 0.15) is 17.1 Å². The molecule has 12 heteroatoms. The van der Waals surface area contributed by atoms with E-state index in [1.807, 2.05) is 6.07 Å². The van der Waals surface area contributed by atoms with Crippen LogP contribution in [0.1, 0.15) is 42.7 Å². The number of fused-ring (bicyclic) bond motifs is 2. The van der Waals surface area contributed by atoms with E-state index in [0.29, 0.717) is 41.1 Å². The van der Waals surface area contributed by atoms with Gasteiger partial charge in [-0.3, -0.25) is 9.59 Å². The molecular formula is C23H25N9O3. The Morgan fingerprint density at radius 3 is 2.91 bits per heavy atom. The van der Waals surface area contributed by atoms with Crippen LogP contribution in [0.4, 0.5) is 5.69 Å². The minimum absolute atomic E-state index is 0.00539. The SMILES string of the molecule is CCC(CC)Cn1nnc(-c2cc(C(=O)NCc3ccc4c(c3)NC(=O)CO4)nc3ccnn23)n1. The number of carbonyl (C=O) groups excluding carboxylic acids is 2. The van der Waals surface area contributed by atoms with E-state index in [1.54, 1.807) is 39.8 Å². The van der Waals surface area contributed by atoms with Gasteiger partial charge in [-0.25, -0.2) is 9.50 Å². The third-order valence-electron chi connectivity index (χ3n) is 5.98. The van der Waals surface area contributed by atoms with Crippen LogP contribution in [0.25, 0.3) is 17.2 Å². The first-order chi connectivity index (χ1) is 17.0. The van der Waals surface area contributed by atoms with E-state index >= 15 is 0 Å². The van der Waals surface area contributed by atoms with Crippen LogP contribution in [0.15, 0.2) is 36.5 Å². The zero-order valence-corrected chi connectivity index (χ0v) is 19.4. The van der Waals surface area contributed by atoms with Crippen LogP contribution in [-0.4, -0.2) is 53.2 Å². The first kappa shape index (κ1) is 22.4. The molecule has 0 atom stereocenters. The van der Waals surface area contributed by atoms with Crippen LogP contribution in [0.3, 0.4) is 0 Å². The molecule has 0 unspecified atom stereocenters. The van der Waals surface area contributed by atoms with Gasteiger partial charge in [-0.1, -0.05) is 32.8 Å². The predicted molar refractivity (Wildman–Crippen MR) is 126 cm³/mol. The Balaban J connectivity index is 1.36. The molecule has 1 aliphatic heterocycles. The molecule has 0 spiro atoms. The second kappa shape index (κ2) is 9.49. The molecule has 4 heterocycles. The highest BCUT2D eigenvalue weighted by atomic mass is 16.5. The van der Waals surface area contributed by atoms with Crippen LogP contribution in [0, 0.1) is 5.92 Å². The van der Waals surface area contributed by atoms with Crippen LogP contribution >= 0.6 is 0 Å². The number of amides is 2. The van der Waals surface area contributed by atoms with Gasteiger partial charge in [0.05, 0.1) is 18.4 Å². The standard InChI is InChI=1S/C23H25N9O3/c1-3-14(4-2)12-31-29-22(28-30-31)18-10-17(26-20-7-8-25-32(18)20)23(34)24-11-15-5-6-19-16(9-15)27-21(33)13-35-19/h5-10,14H,3-4,11-13H2,1-2H3,(H,24,34)(H,27,33). The topological polar surface area (TPSA) is 141 Å². The summed E-state index contributed by atoms with van der Waals surface area (Å²) >= 11 is 0. The van der Waals surface area contributed by atoms with Gasteiger partial charge in [0.2, 0.25) is 5.82 Å². The van der Waals surface area contributed by atoms with Gasteiger partial charge >= 0.3 is 0 Å². The summed E-state index contributed by atoms with van der Waals surface area (Å²) in [4.78, 5) is 30.6. The third-order valence-corrected chi connectivity index (χ3v) is 5.98. The number of hydrogen-bond acceptors (Lipinski definition) is 8. The maximum Gasteiger partial charge on any atom is 0.270 e. The van der Waals surface area contributed by atoms with Gasteiger partial charge in [0.15, 0.2) is 12.3 Å². The van der Waals surface area contributed by atoms with Crippen LogP contribution in [0.2, 0.25) is 0 Å². The Morgan fingerprint density at radius 2 is 2.09 bits per heavy atom. The zero-order chi connectivity index (χ0) is 24.4. The Bertz CT molecular complexity index is 1390. The van der Waals surface area contributed by atoms with Crippen molar-refractivity contribution in [3.63, 3.8) is 0 Å². The number of benzene rings is 1. The van der Waals surface area contributed by atoms with Crippen molar-refractivity contribution in [2.45, 2.75) is 39.8 Å². The van der Waals surface area contributed by atoms with Gasteiger partial charge in [-0.15, -0.1) is 10.2 Å². The van der Waals surface area contributed by atoms with E-state index in [4.69, 9.17) is 4.74 Å². The molecule has 5 rings (SSSR count). The summed E-state index contributed by atoms with van der Waals surface area (Å²) in [5.74, 6) is 0.852. The number of carbonyl (C=O) groups is 2. The van der Waals surface area contributed by atoms with Crippen LogP contribution in [-0.2, 0) is 17.9 Å². The summed E-state index contributed by atoms with van der Waals surface area (Å²) in [7, 11) is 0. The molecule has 4 aromatic rings. The fraction of sp³-hybridized carbons (Fsp3) is 0.348. The first-order valence-corrected chi connectivity index (χ1v) is 11.5. The molecule has 0 fully saturated rings. The van der Waals surface area contributed by atoms with Crippen molar-refractivity contribution < 1.29 is 14.3 Å². The lowest BCUT2D eigenvalue weighted by Gasteiger charge is -2.18. The lowest BCUT2D eigenvalue weighted by molar-refractivity contribution is -0.118. The number of ether oxygens (including phenoxy) is 1. The van der Waals surface area contributed by atoms with E-state index in [-0.39, 0.29) is 30.7 Å². The fourth-order valence-corrected chi connectivity index (χ4v) is 3.90. The molecular weight excluding hydrogens is 450 g/mol. The van der Waals surface area contributed by atoms with Crippen LogP contribution < -0.4 is 15.4 Å². The monoisotopic (exact) mass is 475 g/mol. The molecule has 3 aromatic heterocycles. The van der Waals surface area contributed by atoms with E-state index < -0.39 is 0 Å². The van der Waals surface area contributed by atoms with Crippen molar-refractivity contribution in [2.24, 2.45) is 5.92 Å². The number of hydrogen-bond donors (Lipinski definition) is 2. The summed E-state index contributed by atoms with van der Waals surface area (Å²) in [6.45, 7) is 5.19. The molecule has 12 nitrogen and oxygen atoms in total. The molecule has 35 heavy (non-hydrogen) atoms. The van der Waals surface area contributed by atoms with Gasteiger partial charge in [-0.05, 0) is 34.9 Å². The molecule has 0 saturated heterocycles. The minimum atomic E-state index is -0.364. The second-order valence-electron chi connectivity index (χ2n) is 8.33. The number of aromatic nitrogens is 7. The lowest BCUT2D eigenvalue weighted by Crippen LogP contribution is -2.26. The summed E-state index contributed by atoms with van der Waals surface area (Å²) in [5.41, 5.74) is 2.61. The number of rotatable bonds is 8. The van der Waals surface area contributed by atoms with Gasteiger partial charge < -0.3 is 15.4 Å². The van der Waals surface area contributed by atoms with Crippen molar-refractivity contribution >= 4 is 23.1 Å². The smallest absolute Gasteiger partial charge is 0.270 e. The highest BCUT2D eigenvalue weighted by Crippen LogP contribution is 2.28. The van der Waals surface area contributed by atoms with Crippen LogP contribution in [0.5, 0.6) is 5.75 Å². The number of tetrazole rings is 1. The molecule has 0 radical (unpaired) electrons. The average molecular weight is 476 g/mol. The number of anilines is 1. The van der Waals surface area contributed by atoms with Crippen molar-refractivity contribution in [1.29, 1.82) is 0 Å². The van der Waals surface area contributed by atoms with Crippen molar-refractivity contribution in [3.8, 4) is 17.3 Å². The van der Waals surface area contributed by atoms with E-state index in [2.05, 4.69) is 50.0 Å². The van der Waals surface area contributed by atoms with Crippen molar-refractivity contribution in [2.75, 3.05) is 11.9 Å². The lowest BCUT2D eigenvalue weighted by atomic mass is 10.0. The Hall–Kier alpha value is -4.35. The quantitative estimate of drug-likeness (QED) is 0.395. The molecule has 1 aromatic carbocycles. The maximum absolute atomic E-state index is 13.0. The third kappa shape index (κ3) is 4.67. The van der Waals surface area contributed by atoms with Gasteiger partial charge in [-0.2, -0.15) is 9.90 Å². The Morgan fingerprint density at radius 1 is 1.23 bits per heavy atom. The number of nitrogens with one attached hydrogen (secondary N) is 2.